The lowest BCUT2D eigenvalue weighted by Crippen LogP contribution is -2.20. The highest BCUT2D eigenvalue weighted by atomic mass is 16.5. The standard InChI is InChI=1S/C13H23N3O2/c1-4-5-12(18-3)13-15-7-6-11(16-13)10-14-8-9-17-2/h6-7,12,14H,4-5,8-10H2,1-3H3. The van der Waals surface area contributed by atoms with Crippen molar-refractivity contribution in [2.24, 2.45) is 0 Å². The van der Waals surface area contributed by atoms with Gasteiger partial charge in [0.15, 0.2) is 5.82 Å². The number of methoxy groups -OCH3 is 2. The van der Waals surface area contributed by atoms with E-state index in [4.69, 9.17) is 9.47 Å². The van der Waals surface area contributed by atoms with Crippen LogP contribution in [0.1, 0.15) is 37.4 Å². The van der Waals surface area contributed by atoms with Gasteiger partial charge in [0.2, 0.25) is 0 Å². The Kier molecular flexibility index (Phi) is 7.48. The third-order valence-electron chi connectivity index (χ3n) is 2.64. The van der Waals surface area contributed by atoms with Crippen molar-refractivity contribution in [2.75, 3.05) is 27.4 Å². The third kappa shape index (κ3) is 5.08. The molecule has 1 atom stereocenters. The average molecular weight is 253 g/mol. The Labute approximate surface area is 109 Å². The van der Waals surface area contributed by atoms with Crippen LogP contribution in [-0.4, -0.2) is 37.3 Å². The minimum atomic E-state index is -0.00562. The number of ether oxygens (including phenoxy) is 2. The van der Waals surface area contributed by atoms with Crippen molar-refractivity contribution < 1.29 is 9.47 Å². The Morgan fingerprint density at radius 2 is 2.22 bits per heavy atom. The van der Waals surface area contributed by atoms with Crippen LogP contribution in [0.25, 0.3) is 0 Å². The highest BCUT2D eigenvalue weighted by molar-refractivity contribution is 5.04. The molecular formula is C13H23N3O2. The summed E-state index contributed by atoms with van der Waals surface area (Å²) in [7, 11) is 3.39. The van der Waals surface area contributed by atoms with Gasteiger partial charge in [-0.25, -0.2) is 9.97 Å². The molecule has 5 heteroatoms. The van der Waals surface area contributed by atoms with E-state index in [1.165, 1.54) is 0 Å². The molecule has 0 aliphatic heterocycles. The van der Waals surface area contributed by atoms with Gasteiger partial charge in [-0.05, 0) is 12.5 Å². The van der Waals surface area contributed by atoms with Crippen LogP contribution in [0.15, 0.2) is 12.3 Å². The number of hydrogen-bond acceptors (Lipinski definition) is 5. The molecule has 1 rings (SSSR count). The molecule has 102 valence electrons. The average Bonchev–Trinajstić information content (AvgIpc) is 2.41. The van der Waals surface area contributed by atoms with Gasteiger partial charge in [0.05, 0.1) is 12.3 Å². The zero-order valence-corrected chi connectivity index (χ0v) is 11.5. The second-order valence-corrected chi connectivity index (χ2v) is 4.09. The molecule has 1 N–H and O–H groups in total. The van der Waals surface area contributed by atoms with E-state index in [9.17, 15) is 0 Å². The van der Waals surface area contributed by atoms with Gasteiger partial charge in [0.1, 0.15) is 6.10 Å². The Morgan fingerprint density at radius 3 is 2.89 bits per heavy atom. The van der Waals surface area contributed by atoms with Crippen molar-refractivity contribution in [1.29, 1.82) is 0 Å². The molecule has 1 unspecified atom stereocenters. The lowest BCUT2D eigenvalue weighted by atomic mass is 10.2. The van der Waals surface area contributed by atoms with Gasteiger partial charge < -0.3 is 14.8 Å². The monoisotopic (exact) mass is 253 g/mol. The minimum absolute atomic E-state index is 0.00562. The maximum absolute atomic E-state index is 5.41. The van der Waals surface area contributed by atoms with Crippen molar-refractivity contribution in [3.05, 3.63) is 23.8 Å². The van der Waals surface area contributed by atoms with Crippen molar-refractivity contribution in [3.8, 4) is 0 Å². The van der Waals surface area contributed by atoms with Crippen LogP contribution in [0.3, 0.4) is 0 Å². The van der Waals surface area contributed by atoms with Crippen LogP contribution in [-0.2, 0) is 16.0 Å². The van der Waals surface area contributed by atoms with Gasteiger partial charge in [-0.2, -0.15) is 0 Å². The van der Waals surface area contributed by atoms with Crippen LogP contribution in [0.4, 0.5) is 0 Å². The molecule has 1 aromatic rings. The molecule has 0 aromatic carbocycles. The molecule has 0 spiro atoms. The van der Waals surface area contributed by atoms with E-state index in [1.54, 1.807) is 20.4 Å². The van der Waals surface area contributed by atoms with Crippen LogP contribution < -0.4 is 5.32 Å². The summed E-state index contributed by atoms with van der Waals surface area (Å²) in [5.41, 5.74) is 0.981. The Morgan fingerprint density at radius 1 is 1.39 bits per heavy atom. The molecule has 0 aliphatic rings. The molecule has 18 heavy (non-hydrogen) atoms. The number of rotatable bonds is 9. The summed E-state index contributed by atoms with van der Waals surface area (Å²) in [6, 6.07) is 1.92. The van der Waals surface area contributed by atoms with Crippen LogP contribution in [0, 0.1) is 0 Å². The largest absolute Gasteiger partial charge is 0.383 e. The summed E-state index contributed by atoms with van der Waals surface area (Å²) in [5.74, 6) is 0.769. The molecule has 1 aromatic heterocycles. The van der Waals surface area contributed by atoms with Gasteiger partial charge in [-0.3, -0.25) is 0 Å². The fourth-order valence-electron chi connectivity index (χ4n) is 1.67. The predicted octanol–water partition coefficient (Wildman–Crippen LogP) is 1.70. The van der Waals surface area contributed by atoms with Gasteiger partial charge in [-0.15, -0.1) is 0 Å². The smallest absolute Gasteiger partial charge is 0.157 e. The zero-order chi connectivity index (χ0) is 13.2. The summed E-state index contributed by atoms with van der Waals surface area (Å²) in [6.07, 6.45) is 3.78. The first kappa shape index (κ1) is 15.0. The molecular weight excluding hydrogens is 230 g/mol. The van der Waals surface area contributed by atoms with E-state index in [1.807, 2.05) is 6.07 Å². The number of nitrogens with one attached hydrogen (secondary N) is 1. The van der Waals surface area contributed by atoms with Crippen molar-refractivity contribution in [1.82, 2.24) is 15.3 Å². The number of aromatic nitrogens is 2. The molecule has 0 radical (unpaired) electrons. The lowest BCUT2D eigenvalue weighted by molar-refractivity contribution is 0.0873. The topological polar surface area (TPSA) is 56.3 Å². The molecule has 0 fully saturated rings. The summed E-state index contributed by atoms with van der Waals surface area (Å²) >= 11 is 0. The molecule has 0 saturated carbocycles. The van der Waals surface area contributed by atoms with Crippen molar-refractivity contribution >= 4 is 0 Å². The first-order valence-corrected chi connectivity index (χ1v) is 6.36. The second kappa shape index (κ2) is 8.97. The third-order valence-corrected chi connectivity index (χ3v) is 2.64. The van der Waals surface area contributed by atoms with Crippen LogP contribution in [0.5, 0.6) is 0 Å². The summed E-state index contributed by atoms with van der Waals surface area (Å²) < 4.78 is 10.4. The quantitative estimate of drug-likeness (QED) is 0.679. The summed E-state index contributed by atoms with van der Waals surface area (Å²) in [6.45, 7) is 4.37. The predicted molar refractivity (Wildman–Crippen MR) is 70.3 cm³/mol. The Bertz CT molecular complexity index is 334. The molecule has 0 saturated heterocycles. The second-order valence-electron chi connectivity index (χ2n) is 4.09. The highest BCUT2D eigenvalue weighted by Gasteiger charge is 2.12. The number of nitrogens with zero attached hydrogens (tertiary/aromatic N) is 2. The molecule has 0 amide bonds. The van der Waals surface area contributed by atoms with E-state index < -0.39 is 0 Å². The first-order chi connectivity index (χ1) is 8.81. The van der Waals surface area contributed by atoms with E-state index in [0.717, 1.165) is 37.4 Å². The zero-order valence-electron chi connectivity index (χ0n) is 11.5. The van der Waals surface area contributed by atoms with Gasteiger partial charge in [-0.1, -0.05) is 13.3 Å². The molecule has 1 heterocycles. The molecule has 0 bridgehead atoms. The maximum atomic E-state index is 5.41. The van der Waals surface area contributed by atoms with Crippen LogP contribution >= 0.6 is 0 Å². The van der Waals surface area contributed by atoms with Gasteiger partial charge >= 0.3 is 0 Å². The van der Waals surface area contributed by atoms with Crippen LogP contribution in [0.2, 0.25) is 0 Å². The van der Waals surface area contributed by atoms with Gasteiger partial charge in [0, 0.05) is 33.5 Å². The lowest BCUT2D eigenvalue weighted by Gasteiger charge is -2.13. The molecule has 5 nitrogen and oxygen atoms in total. The minimum Gasteiger partial charge on any atom is -0.383 e. The fourth-order valence-corrected chi connectivity index (χ4v) is 1.67. The van der Waals surface area contributed by atoms with Gasteiger partial charge in [0.25, 0.3) is 0 Å². The first-order valence-electron chi connectivity index (χ1n) is 6.36. The van der Waals surface area contributed by atoms with Crippen molar-refractivity contribution in [2.45, 2.75) is 32.4 Å². The summed E-state index contributed by atoms with van der Waals surface area (Å²) in [4.78, 5) is 8.81. The molecule has 0 aliphatic carbocycles. The van der Waals surface area contributed by atoms with Crippen molar-refractivity contribution in [3.63, 3.8) is 0 Å². The Hall–Kier alpha value is -1.04. The number of hydrogen-bond donors (Lipinski definition) is 1. The van der Waals surface area contributed by atoms with E-state index in [0.29, 0.717) is 6.61 Å². The Balaban J connectivity index is 2.55. The fraction of sp³-hybridized carbons (Fsp3) is 0.692. The normalized spacial score (nSPS) is 12.6. The summed E-state index contributed by atoms with van der Waals surface area (Å²) in [5, 5.41) is 3.26. The maximum Gasteiger partial charge on any atom is 0.157 e. The van der Waals surface area contributed by atoms with E-state index in [-0.39, 0.29) is 6.10 Å². The van der Waals surface area contributed by atoms with E-state index >= 15 is 0 Å². The SMILES string of the molecule is CCCC(OC)c1nccc(CNCCOC)n1. The highest BCUT2D eigenvalue weighted by Crippen LogP contribution is 2.17. The van der Waals surface area contributed by atoms with E-state index in [2.05, 4.69) is 22.2 Å².